The molecule has 2 heterocycles. The number of halogens is 3. The third-order valence-corrected chi connectivity index (χ3v) is 3.74. The zero-order chi connectivity index (χ0) is 19.6. The predicted octanol–water partition coefficient (Wildman–Crippen LogP) is 1.80. The fourth-order valence-electron chi connectivity index (χ4n) is 2.29. The van der Waals surface area contributed by atoms with Crippen molar-refractivity contribution in [2.45, 2.75) is 40.0 Å². The Kier molecular flexibility index (Phi) is 5.38. The zero-order valence-electron chi connectivity index (χ0n) is 14.5. The van der Waals surface area contributed by atoms with Gasteiger partial charge in [0.25, 0.3) is 5.91 Å². The van der Waals surface area contributed by atoms with Crippen LogP contribution in [-0.4, -0.2) is 31.4 Å². The Morgan fingerprint density at radius 1 is 1.35 bits per heavy atom. The first-order valence-corrected chi connectivity index (χ1v) is 7.82. The van der Waals surface area contributed by atoms with Gasteiger partial charge in [-0.1, -0.05) is 6.92 Å². The van der Waals surface area contributed by atoms with E-state index in [0.29, 0.717) is 6.54 Å². The van der Waals surface area contributed by atoms with Crippen molar-refractivity contribution in [3.8, 4) is 0 Å². The summed E-state index contributed by atoms with van der Waals surface area (Å²) in [4.78, 5) is 23.7. The van der Waals surface area contributed by atoms with Crippen molar-refractivity contribution in [3.63, 3.8) is 0 Å². The summed E-state index contributed by atoms with van der Waals surface area (Å²) < 4.78 is 40.7. The molecule has 0 aromatic carbocycles. The lowest BCUT2D eigenvalue weighted by atomic mass is 10.1. The van der Waals surface area contributed by atoms with E-state index in [0.717, 1.165) is 10.7 Å². The molecule has 26 heavy (non-hydrogen) atoms. The summed E-state index contributed by atoms with van der Waals surface area (Å²) in [6.45, 7) is 5.23. The molecule has 8 nitrogen and oxygen atoms in total. The number of anilines is 1. The van der Waals surface area contributed by atoms with Crippen LogP contribution >= 0.6 is 0 Å². The predicted molar refractivity (Wildman–Crippen MR) is 86.2 cm³/mol. The molecule has 2 rings (SSSR count). The van der Waals surface area contributed by atoms with Gasteiger partial charge in [-0.15, -0.1) is 0 Å². The van der Waals surface area contributed by atoms with Crippen LogP contribution < -0.4 is 11.1 Å². The van der Waals surface area contributed by atoms with Gasteiger partial charge in [-0.25, -0.2) is 0 Å². The summed E-state index contributed by atoms with van der Waals surface area (Å²) in [5, 5.41) is 9.99. The Hall–Kier alpha value is -2.85. The quantitative estimate of drug-likeness (QED) is 0.806. The maximum absolute atomic E-state index is 12.7. The first kappa shape index (κ1) is 19.5. The Balaban J connectivity index is 2.13. The molecule has 1 atom stereocenters. The van der Waals surface area contributed by atoms with Crippen LogP contribution in [0.5, 0.6) is 0 Å². The smallest absolute Gasteiger partial charge is 0.364 e. The van der Waals surface area contributed by atoms with Crippen LogP contribution in [0.15, 0.2) is 12.3 Å². The molecule has 11 heteroatoms. The van der Waals surface area contributed by atoms with Crippen molar-refractivity contribution < 1.29 is 22.8 Å². The number of amides is 2. The molecule has 0 aliphatic carbocycles. The molecule has 0 aliphatic rings. The molecule has 3 N–H and O–H groups in total. The Labute approximate surface area is 147 Å². The lowest BCUT2D eigenvalue weighted by Gasteiger charge is -2.13. The second-order valence-corrected chi connectivity index (χ2v) is 5.85. The number of alkyl halides is 3. The maximum atomic E-state index is 12.7. The van der Waals surface area contributed by atoms with Gasteiger partial charge in [-0.3, -0.25) is 19.0 Å². The number of carbonyl (C=O) groups is 2. The number of rotatable bonds is 6. The molecule has 142 valence electrons. The molecule has 2 aromatic rings. The third kappa shape index (κ3) is 4.21. The first-order chi connectivity index (χ1) is 12.0. The minimum absolute atomic E-state index is 0.0540. The fraction of sp³-hybridized carbons (Fsp3) is 0.467. The minimum Gasteiger partial charge on any atom is -0.364 e. The Morgan fingerprint density at radius 2 is 2.00 bits per heavy atom. The highest BCUT2D eigenvalue weighted by Gasteiger charge is 2.34. The molecule has 0 spiro atoms. The fourth-order valence-corrected chi connectivity index (χ4v) is 2.29. The third-order valence-electron chi connectivity index (χ3n) is 3.74. The van der Waals surface area contributed by atoms with Crippen molar-refractivity contribution in [2.24, 2.45) is 11.7 Å². The van der Waals surface area contributed by atoms with Gasteiger partial charge in [0, 0.05) is 18.4 Å². The summed E-state index contributed by atoms with van der Waals surface area (Å²) in [5.74, 6) is -2.00. The van der Waals surface area contributed by atoms with Crippen molar-refractivity contribution >= 4 is 17.5 Å². The van der Waals surface area contributed by atoms with Gasteiger partial charge in [0.1, 0.15) is 0 Å². The number of hydrogen-bond donors (Lipinski definition) is 2. The highest BCUT2D eigenvalue weighted by molar-refractivity contribution is 6.01. The van der Waals surface area contributed by atoms with E-state index in [9.17, 15) is 22.8 Å². The van der Waals surface area contributed by atoms with Crippen molar-refractivity contribution in [1.82, 2.24) is 19.6 Å². The molecule has 0 radical (unpaired) electrons. The molecule has 0 aliphatic heterocycles. The van der Waals surface area contributed by atoms with E-state index >= 15 is 0 Å². The molecule has 0 saturated heterocycles. The standard InChI is InChI=1S/C15H19F3N6O2/c1-4-23-7-10(12(22-23)13(19)25)20-14(26)8(2)6-24-9(3)5-11(21-24)15(16,17)18/h5,7-8H,4,6H2,1-3H3,(H2,19,25)(H,20,26). The van der Waals surface area contributed by atoms with Gasteiger partial charge < -0.3 is 11.1 Å². The number of nitrogens with two attached hydrogens (primary N) is 1. The van der Waals surface area contributed by atoms with Crippen molar-refractivity contribution in [1.29, 1.82) is 0 Å². The first-order valence-electron chi connectivity index (χ1n) is 7.82. The molecule has 1 unspecified atom stereocenters. The van der Waals surface area contributed by atoms with E-state index in [1.54, 1.807) is 6.92 Å². The van der Waals surface area contributed by atoms with Gasteiger partial charge in [-0.05, 0) is 19.9 Å². The van der Waals surface area contributed by atoms with E-state index in [2.05, 4.69) is 15.5 Å². The number of nitrogens with one attached hydrogen (secondary N) is 1. The summed E-state index contributed by atoms with van der Waals surface area (Å²) >= 11 is 0. The van der Waals surface area contributed by atoms with Crippen molar-refractivity contribution in [2.75, 3.05) is 5.32 Å². The van der Waals surface area contributed by atoms with E-state index in [-0.39, 0.29) is 23.6 Å². The normalized spacial score (nSPS) is 12.8. The van der Waals surface area contributed by atoms with Crippen LogP contribution in [0, 0.1) is 12.8 Å². The maximum Gasteiger partial charge on any atom is 0.435 e. The summed E-state index contributed by atoms with van der Waals surface area (Å²) in [7, 11) is 0. The van der Waals surface area contributed by atoms with Gasteiger partial charge in [0.2, 0.25) is 5.91 Å². The Bertz CT molecular complexity index is 824. The van der Waals surface area contributed by atoms with Crippen LogP contribution in [0.3, 0.4) is 0 Å². The highest BCUT2D eigenvalue weighted by Crippen LogP contribution is 2.28. The molecule has 0 fully saturated rings. The minimum atomic E-state index is -4.55. The lowest BCUT2D eigenvalue weighted by Crippen LogP contribution is -2.26. The molecule has 0 bridgehead atoms. The number of hydrogen-bond acceptors (Lipinski definition) is 4. The molecule has 0 saturated carbocycles. The topological polar surface area (TPSA) is 108 Å². The van der Waals surface area contributed by atoms with Gasteiger partial charge in [0.15, 0.2) is 11.4 Å². The molecular weight excluding hydrogens is 353 g/mol. The van der Waals surface area contributed by atoms with Crippen LogP contribution in [-0.2, 0) is 24.1 Å². The van der Waals surface area contributed by atoms with Crippen LogP contribution in [0.4, 0.5) is 18.9 Å². The van der Waals surface area contributed by atoms with E-state index in [4.69, 9.17) is 5.73 Å². The second kappa shape index (κ2) is 7.18. The lowest BCUT2D eigenvalue weighted by molar-refractivity contribution is -0.141. The van der Waals surface area contributed by atoms with Crippen LogP contribution in [0.2, 0.25) is 0 Å². The average Bonchev–Trinajstić information content (AvgIpc) is 3.11. The van der Waals surface area contributed by atoms with Gasteiger partial charge in [-0.2, -0.15) is 23.4 Å². The van der Waals surface area contributed by atoms with E-state index in [1.807, 2.05) is 0 Å². The number of nitrogens with zero attached hydrogens (tertiary/aromatic N) is 4. The summed E-state index contributed by atoms with van der Waals surface area (Å²) in [6.07, 6.45) is -3.09. The van der Waals surface area contributed by atoms with Crippen LogP contribution in [0.1, 0.15) is 35.7 Å². The largest absolute Gasteiger partial charge is 0.435 e. The number of aryl methyl sites for hydroxylation is 2. The average molecular weight is 372 g/mol. The number of primary amides is 1. The molecule has 2 aromatic heterocycles. The van der Waals surface area contributed by atoms with E-state index in [1.165, 1.54) is 24.7 Å². The van der Waals surface area contributed by atoms with Gasteiger partial charge >= 0.3 is 6.18 Å². The Morgan fingerprint density at radius 3 is 2.50 bits per heavy atom. The number of aromatic nitrogens is 4. The monoisotopic (exact) mass is 372 g/mol. The number of carbonyl (C=O) groups excluding carboxylic acids is 2. The zero-order valence-corrected chi connectivity index (χ0v) is 14.5. The highest BCUT2D eigenvalue weighted by atomic mass is 19.4. The SMILES string of the molecule is CCn1cc(NC(=O)C(C)Cn2nc(C(F)(F)F)cc2C)c(C(N)=O)n1. The van der Waals surface area contributed by atoms with Crippen LogP contribution in [0.25, 0.3) is 0 Å². The van der Waals surface area contributed by atoms with Gasteiger partial charge in [0.05, 0.1) is 18.2 Å². The molecular formula is C15H19F3N6O2. The van der Waals surface area contributed by atoms with E-state index < -0.39 is 29.6 Å². The molecule has 2 amide bonds. The second-order valence-electron chi connectivity index (χ2n) is 5.85. The summed E-state index contributed by atoms with van der Waals surface area (Å²) in [5.41, 5.74) is 4.58. The van der Waals surface area contributed by atoms with Crippen molar-refractivity contribution in [3.05, 3.63) is 29.3 Å². The summed E-state index contributed by atoms with van der Waals surface area (Å²) in [6, 6.07) is 0.918.